The average molecular weight is 386 g/mol. The summed E-state index contributed by atoms with van der Waals surface area (Å²) in [4.78, 5) is 23.4. The molecule has 0 N–H and O–H groups in total. The fourth-order valence-corrected chi connectivity index (χ4v) is 3.42. The first kappa shape index (κ1) is 15.3. The summed E-state index contributed by atoms with van der Waals surface area (Å²) >= 11 is 3.22. The first-order valence-corrected chi connectivity index (χ1v) is 8.77. The quantitative estimate of drug-likeness (QED) is 0.634. The number of hydrogen-bond donors (Lipinski definition) is 0. The van der Waals surface area contributed by atoms with E-state index >= 15 is 0 Å². The van der Waals surface area contributed by atoms with Gasteiger partial charge in [0.25, 0.3) is 0 Å². The third-order valence-electron chi connectivity index (χ3n) is 4.30. The van der Waals surface area contributed by atoms with Crippen LogP contribution in [0.15, 0.2) is 45.7 Å². The Morgan fingerprint density at radius 1 is 1.17 bits per heavy atom. The molecule has 6 heteroatoms. The highest BCUT2D eigenvalue weighted by atomic mass is 79.9. The number of Topliss-reactive ketones (excluding diaryl/α,β-unsaturated/α-hetero) is 1. The molecule has 0 atom stereocenters. The first-order valence-electron chi connectivity index (χ1n) is 7.98. The lowest BCUT2D eigenvalue weighted by Gasteiger charge is -2.18. The number of nitrogens with zero attached hydrogens (tertiary/aromatic N) is 3. The Hall–Kier alpha value is -2.21. The van der Waals surface area contributed by atoms with E-state index in [0.717, 1.165) is 35.4 Å². The van der Waals surface area contributed by atoms with Gasteiger partial charge in [-0.2, -0.15) is 0 Å². The Balaban J connectivity index is 1.62. The molecule has 0 radical (unpaired) electrons. The van der Waals surface area contributed by atoms with Crippen LogP contribution in [0, 0.1) is 0 Å². The smallest absolute Gasteiger partial charge is 0.202 e. The summed E-state index contributed by atoms with van der Waals surface area (Å²) in [6, 6.07) is 9.36. The fourth-order valence-electron chi connectivity index (χ4n) is 3.12. The number of carbonyl (C=O) groups is 1. The number of hydrogen-bond acceptors (Lipinski definition) is 5. The molecule has 0 aliphatic carbocycles. The van der Waals surface area contributed by atoms with Crippen LogP contribution < -0.4 is 4.90 Å². The summed E-state index contributed by atoms with van der Waals surface area (Å²) in [5, 5.41) is 1.04. The van der Waals surface area contributed by atoms with Gasteiger partial charge in [-0.25, -0.2) is 9.97 Å². The number of fused-ring (bicyclic) bond motifs is 1. The molecule has 1 aromatic carbocycles. The van der Waals surface area contributed by atoms with E-state index in [1.54, 1.807) is 18.5 Å². The maximum absolute atomic E-state index is 12.3. The van der Waals surface area contributed by atoms with Gasteiger partial charge in [0.2, 0.25) is 5.78 Å². The Labute approximate surface area is 147 Å². The summed E-state index contributed by atoms with van der Waals surface area (Å²) in [5.74, 6) is 1.31. The molecule has 0 saturated carbocycles. The van der Waals surface area contributed by atoms with E-state index in [1.165, 1.54) is 12.8 Å². The van der Waals surface area contributed by atoms with Gasteiger partial charge >= 0.3 is 0 Å². The Morgan fingerprint density at radius 2 is 2.00 bits per heavy atom. The average Bonchev–Trinajstić information content (AvgIpc) is 3.25. The van der Waals surface area contributed by atoms with Crippen molar-refractivity contribution in [2.75, 3.05) is 18.0 Å². The van der Waals surface area contributed by atoms with Crippen molar-refractivity contribution < 1.29 is 9.21 Å². The van der Waals surface area contributed by atoms with Gasteiger partial charge in [-0.3, -0.25) is 4.79 Å². The zero-order valence-electron chi connectivity index (χ0n) is 13.0. The lowest BCUT2D eigenvalue weighted by atomic mass is 10.1. The summed E-state index contributed by atoms with van der Waals surface area (Å²) in [7, 11) is 0. The van der Waals surface area contributed by atoms with Gasteiger partial charge in [0.05, 0.1) is 5.52 Å². The largest absolute Gasteiger partial charge is 0.446 e. The number of carbonyl (C=O) groups excluding carboxylic acids is 1. The van der Waals surface area contributed by atoms with Crippen LogP contribution in [-0.4, -0.2) is 28.8 Å². The highest BCUT2D eigenvalue weighted by Gasteiger charge is 2.17. The Bertz CT molecular complexity index is 900. The standard InChI is InChI=1S/C18H16BrN3O2/c19-17-6-5-16(24-17)15(23)10-12-3-4-13-14(9-12)20-11-21-18(13)22-7-1-2-8-22/h3-6,9,11H,1-2,7-8,10H2. The number of furan rings is 1. The third-order valence-corrected chi connectivity index (χ3v) is 4.72. The van der Waals surface area contributed by atoms with Crippen LogP contribution in [0.2, 0.25) is 0 Å². The lowest BCUT2D eigenvalue weighted by Crippen LogP contribution is -2.19. The van der Waals surface area contributed by atoms with Crippen molar-refractivity contribution in [3.8, 4) is 0 Å². The highest BCUT2D eigenvalue weighted by Crippen LogP contribution is 2.27. The van der Waals surface area contributed by atoms with Crippen molar-refractivity contribution in [2.45, 2.75) is 19.3 Å². The number of benzene rings is 1. The molecule has 0 unspecified atom stereocenters. The van der Waals surface area contributed by atoms with Gasteiger partial charge in [0, 0.05) is 24.9 Å². The molecule has 1 aliphatic rings. The molecule has 3 heterocycles. The second-order valence-corrected chi connectivity index (χ2v) is 6.73. The SMILES string of the molecule is O=C(Cc1ccc2c(N3CCCC3)ncnc2c1)c1ccc(Br)o1. The monoisotopic (exact) mass is 385 g/mol. The number of rotatable bonds is 4. The van der Waals surface area contributed by atoms with Crippen LogP contribution in [-0.2, 0) is 6.42 Å². The number of halogens is 1. The predicted octanol–water partition coefficient (Wildman–Crippen LogP) is 4.01. The van der Waals surface area contributed by atoms with Crippen molar-refractivity contribution in [2.24, 2.45) is 0 Å². The fraction of sp³-hybridized carbons (Fsp3) is 0.278. The van der Waals surface area contributed by atoms with Crippen molar-refractivity contribution in [1.82, 2.24) is 9.97 Å². The predicted molar refractivity (Wildman–Crippen MR) is 95.4 cm³/mol. The van der Waals surface area contributed by atoms with Crippen LogP contribution >= 0.6 is 15.9 Å². The molecule has 3 aromatic rings. The van der Waals surface area contributed by atoms with Gasteiger partial charge in [-0.05, 0) is 58.6 Å². The van der Waals surface area contributed by atoms with Crippen LogP contribution in [0.25, 0.3) is 10.9 Å². The second-order valence-electron chi connectivity index (χ2n) is 5.95. The molecule has 1 fully saturated rings. The normalized spacial score (nSPS) is 14.5. The molecule has 2 aromatic heterocycles. The van der Waals surface area contributed by atoms with Crippen molar-refractivity contribution in [3.63, 3.8) is 0 Å². The van der Waals surface area contributed by atoms with Crippen molar-refractivity contribution in [3.05, 3.63) is 52.7 Å². The molecule has 122 valence electrons. The van der Waals surface area contributed by atoms with Crippen LogP contribution in [0.4, 0.5) is 5.82 Å². The van der Waals surface area contributed by atoms with Gasteiger partial charge in [-0.1, -0.05) is 6.07 Å². The minimum atomic E-state index is -0.0473. The first-order chi connectivity index (χ1) is 11.7. The molecule has 24 heavy (non-hydrogen) atoms. The zero-order chi connectivity index (χ0) is 16.5. The maximum atomic E-state index is 12.3. The van der Waals surface area contributed by atoms with E-state index in [-0.39, 0.29) is 5.78 Å². The van der Waals surface area contributed by atoms with Crippen LogP contribution in [0.1, 0.15) is 29.0 Å². The molecule has 4 rings (SSSR count). The van der Waals surface area contributed by atoms with Crippen LogP contribution in [0.3, 0.4) is 0 Å². The second kappa shape index (κ2) is 6.36. The van der Waals surface area contributed by atoms with E-state index in [4.69, 9.17) is 4.42 Å². The minimum Gasteiger partial charge on any atom is -0.446 e. The molecular weight excluding hydrogens is 370 g/mol. The van der Waals surface area contributed by atoms with Crippen molar-refractivity contribution >= 4 is 38.4 Å². The lowest BCUT2D eigenvalue weighted by molar-refractivity contribution is 0.0965. The van der Waals surface area contributed by atoms with E-state index in [2.05, 4.69) is 30.8 Å². The summed E-state index contributed by atoms with van der Waals surface area (Å²) in [5.41, 5.74) is 1.80. The van der Waals surface area contributed by atoms with E-state index in [0.29, 0.717) is 16.9 Å². The molecule has 0 amide bonds. The topological polar surface area (TPSA) is 59.2 Å². The summed E-state index contributed by atoms with van der Waals surface area (Å²) in [6.45, 7) is 2.08. The van der Waals surface area contributed by atoms with E-state index < -0.39 is 0 Å². The van der Waals surface area contributed by atoms with Gasteiger partial charge < -0.3 is 9.32 Å². The van der Waals surface area contributed by atoms with Gasteiger partial charge in [0.15, 0.2) is 10.4 Å². The molecule has 1 aliphatic heterocycles. The molecule has 0 spiro atoms. The summed E-state index contributed by atoms with van der Waals surface area (Å²) in [6.07, 6.45) is 4.30. The zero-order valence-corrected chi connectivity index (χ0v) is 14.6. The maximum Gasteiger partial charge on any atom is 0.202 e. The van der Waals surface area contributed by atoms with Gasteiger partial charge in [-0.15, -0.1) is 0 Å². The Kier molecular flexibility index (Phi) is 4.06. The molecule has 5 nitrogen and oxygen atoms in total. The number of anilines is 1. The van der Waals surface area contributed by atoms with E-state index in [9.17, 15) is 4.79 Å². The van der Waals surface area contributed by atoms with Crippen LogP contribution in [0.5, 0.6) is 0 Å². The highest BCUT2D eigenvalue weighted by molar-refractivity contribution is 9.10. The third kappa shape index (κ3) is 2.94. The van der Waals surface area contributed by atoms with Crippen molar-refractivity contribution in [1.29, 1.82) is 0 Å². The summed E-state index contributed by atoms with van der Waals surface area (Å²) < 4.78 is 5.89. The minimum absolute atomic E-state index is 0.0473. The molecule has 1 saturated heterocycles. The number of ketones is 1. The van der Waals surface area contributed by atoms with E-state index in [1.807, 2.05) is 18.2 Å². The number of aromatic nitrogens is 2. The molecular formula is C18H16BrN3O2. The Morgan fingerprint density at radius 3 is 2.75 bits per heavy atom. The van der Waals surface area contributed by atoms with Gasteiger partial charge in [0.1, 0.15) is 12.1 Å². The molecule has 0 bridgehead atoms.